The van der Waals surface area contributed by atoms with Crippen LogP contribution in [0.5, 0.6) is 0 Å². The van der Waals surface area contributed by atoms with Gasteiger partial charge in [0.2, 0.25) is 5.69 Å². The zero-order valence-corrected chi connectivity index (χ0v) is 33.5. The van der Waals surface area contributed by atoms with E-state index in [0.29, 0.717) is 38.5 Å². The van der Waals surface area contributed by atoms with Crippen LogP contribution in [0.15, 0.2) is 95.4 Å². The van der Waals surface area contributed by atoms with Crippen LogP contribution in [0.3, 0.4) is 0 Å². The lowest BCUT2D eigenvalue weighted by atomic mass is 9.81. The lowest BCUT2D eigenvalue weighted by Crippen LogP contribution is -2.34. The van der Waals surface area contributed by atoms with E-state index in [9.17, 15) is 10.1 Å². The van der Waals surface area contributed by atoms with Crippen LogP contribution in [0.1, 0.15) is 85.3 Å². The van der Waals surface area contributed by atoms with Crippen molar-refractivity contribution in [3.8, 4) is 0 Å². The minimum Gasteiger partial charge on any atom is -0.691 e. The molecule has 53 heavy (non-hydrogen) atoms. The van der Waals surface area contributed by atoms with Crippen LogP contribution in [0.4, 0.5) is 16.2 Å². The van der Waals surface area contributed by atoms with Gasteiger partial charge in [-0.3, -0.25) is 14.1 Å². The fourth-order valence-electron chi connectivity index (χ4n) is 7.73. The van der Waals surface area contributed by atoms with Crippen molar-refractivity contribution in [1.82, 2.24) is 4.90 Å². The summed E-state index contributed by atoms with van der Waals surface area (Å²) in [7, 11) is 3.55. The highest BCUT2D eigenvalue weighted by Gasteiger charge is 2.44. The van der Waals surface area contributed by atoms with Crippen molar-refractivity contribution in [1.29, 1.82) is 0 Å². The molecule has 10 nitrogen and oxygen atoms in total. The molecule has 0 atom stereocenters. The predicted octanol–water partition coefficient (Wildman–Crippen LogP) is 8.37. The lowest BCUT2D eigenvalue weighted by Gasteiger charge is -2.28. The average molecular weight is 746 g/mol. The Morgan fingerprint density at radius 1 is 0.962 bits per heavy atom. The van der Waals surface area contributed by atoms with E-state index >= 15 is 0 Å². The van der Waals surface area contributed by atoms with Gasteiger partial charge in [-0.1, -0.05) is 62.4 Å². The predicted molar refractivity (Wildman–Crippen MR) is 208 cm³/mol. The molecule has 0 fully saturated rings. The van der Waals surface area contributed by atoms with Gasteiger partial charge in [-0.25, -0.2) is 4.79 Å². The van der Waals surface area contributed by atoms with Gasteiger partial charge in [-0.2, -0.15) is 4.58 Å². The first-order chi connectivity index (χ1) is 25.2. The molecule has 286 valence electrons. The van der Waals surface area contributed by atoms with E-state index in [1.54, 1.807) is 12.0 Å². The molecule has 0 spiro atoms. The number of ether oxygens (including phenoxy) is 2. The molecule has 0 unspecified atom stereocenters. The number of amides is 1. The van der Waals surface area contributed by atoms with Crippen LogP contribution < -0.4 is 10.2 Å². The van der Waals surface area contributed by atoms with E-state index in [2.05, 4.69) is 119 Å². The SMILES string of the molecule is COCCCN1/C(=C/C=C2\CCC(/C=C/C3=[N+](CCCOSOO[O-])c4ccccc4C3(C)C)=C2N(C)C(=O)OC(C)(C)C)C(C)(C)c2ccccc21. The molecule has 0 saturated carbocycles. The van der Waals surface area contributed by atoms with E-state index in [-0.39, 0.29) is 16.9 Å². The molecule has 3 aliphatic rings. The van der Waals surface area contributed by atoms with Crippen LogP contribution in [0.25, 0.3) is 0 Å². The number of carbonyl (C=O) groups is 1. The van der Waals surface area contributed by atoms with Crippen molar-refractivity contribution in [3.63, 3.8) is 0 Å². The molecule has 0 radical (unpaired) electrons. The fourth-order valence-corrected chi connectivity index (χ4v) is 7.97. The summed E-state index contributed by atoms with van der Waals surface area (Å²) in [6.45, 7) is 17.3. The Bertz CT molecular complexity index is 1800. The number of allylic oxidation sites excluding steroid dienone is 7. The molecular weight excluding hydrogens is 691 g/mol. The molecule has 11 heteroatoms. The topological polar surface area (TPSA) is 95.8 Å². The summed E-state index contributed by atoms with van der Waals surface area (Å²) in [5.41, 5.74) is 9.22. The molecule has 0 aromatic heterocycles. The number of likely N-dealkylation sites (N-methyl/N-ethyl adjacent to an activating group) is 1. The van der Waals surface area contributed by atoms with E-state index in [0.717, 1.165) is 54.0 Å². The first-order valence-corrected chi connectivity index (χ1v) is 19.0. The van der Waals surface area contributed by atoms with Crippen molar-refractivity contribution >= 4 is 35.5 Å². The van der Waals surface area contributed by atoms with Gasteiger partial charge in [0.05, 0.1) is 17.7 Å². The van der Waals surface area contributed by atoms with Crippen LogP contribution >= 0.6 is 12.3 Å². The van der Waals surface area contributed by atoms with Crippen LogP contribution in [0, 0.1) is 0 Å². The van der Waals surface area contributed by atoms with E-state index < -0.39 is 5.60 Å². The number of hydrogen-bond donors (Lipinski definition) is 0. The number of fused-ring (bicyclic) bond motifs is 2. The summed E-state index contributed by atoms with van der Waals surface area (Å²) in [5.74, 6) is 0. The zero-order valence-electron chi connectivity index (χ0n) is 32.7. The molecule has 0 saturated heterocycles. The highest BCUT2D eigenvalue weighted by Crippen LogP contribution is 2.48. The second-order valence-corrected chi connectivity index (χ2v) is 16.2. The molecule has 2 aromatic carbocycles. The maximum Gasteiger partial charge on any atom is 0.414 e. The van der Waals surface area contributed by atoms with Gasteiger partial charge < -0.3 is 19.6 Å². The number of anilines is 1. The molecule has 5 rings (SSSR count). The molecule has 1 amide bonds. The second-order valence-electron chi connectivity index (χ2n) is 15.7. The highest BCUT2D eigenvalue weighted by atomic mass is 32.2. The minimum atomic E-state index is -0.638. The van der Waals surface area contributed by atoms with Crippen molar-refractivity contribution < 1.29 is 37.7 Å². The number of hydrogen-bond acceptors (Lipinski definition) is 9. The van der Waals surface area contributed by atoms with Gasteiger partial charge in [-0.05, 0) is 82.7 Å². The third-order valence-electron chi connectivity index (χ3n) is 10.2. The first-order valence-electron chi connectivity index (χ1n) is 18.4. The number of rotatable bonds is 15. The fraction of sp³-hybridized carbons (Fsp3) is 0.476. The quantitative estimate of drug-likeness (QED) is 0.0586. The summed E-state index contributed by atoms with van der Waals surface area (Å²) in [6.07, 6.45) is 11.6. The Kier molecular flexibility index (Phi) is 13.1. The summed E-state index contributed by atoms with van der Waals surface area (Å²) < 4.78 is 23.2. The molecule has 0 N–H and O–H groups in total. The molecule has 2 heterocycles. The molecule has 2 aliphatic heterocycles. The zero-order chi connectivity index (χ0) is 38.4. The van der Waals surface area contributed by atoms with Crippen LogP contribution in [0.2, 0.25) is 0 Å². The normalized spacial score (nSPS) is 19.2. The molecule has 0 bridgehead atoms. The molecule has 2 aromatic rings. The van der Waals surface area contributed by atoms with Crippen molar-refractivity contribution in [3.05, 3.63) is 107 Å². The maximum absolute atomic E-state index is 13.6. The summed E-state index contributed by atoms with van der Waals surface area (Å²) in [5, 5.41) is 13.5. The van der Waals surface area contributed by atoms with Crippen molar-refractivity contribution in [2.45, 2.75) is 90.6 Å². The smallest absolute Gasteiger partial charge is 0.414 e. The highest BCUT2D eigenvalue weighted by molar-refractivity contribution is 7.89. The van der Waals surface area contributed by atoms with Gasteiger partial charge in [0.1, 0.15) is 5.60 Å². The Hall–Kier alpha value is -3.71. The van der Waals surface area contributed by atoms with Gasteiger partial charge in [0, 0.05) is 68.2 Å². The number of carbonyl (C=O) groups excluding carboxylic acids is 1. The third kappa shape index (κ3) is 8.99. The number of para-hydroxylation sites is 2. The average Bonchev–Trinajstić information content (AvgIpc) is 3.68. The van der Waals surface area contributed by atoms with Gasteiger partial charge in [0.25, 0.3) is 0 Å². The third-order valence-corrected chi connectivity index (χ3v) is 10.6. The summed E-state index contributed by atoms with van der Waals surface area (Å²) >= 11 is 0.531. The number of nitrogens with zero attached hydrogens (tertiary/aromatic N) is 3. The van der Waals surface area contributed by atoms with Crippen molar-refractivity contribution in [2.75, 3.05) is 45.4 Å². The minimum absolute atomic E-state index is 0.202. The van der Waals surface area contributed by atoms with Crippen LogP contribution in [-0.4, -0.2) is 67.3 Å². The molecular formula is C42H55N3O7S. The van der Waals surface area contributed by atoms with E-state index in [1.165, 1.54) is 22.5 Å². The Labute approximate surface area is 319 Å². The maximum atomic E-state index is 13.6. The van der Waals surface area contributed by atoms with Gasteiger partial charge in [0.15, 0.2) is 24.6 Å². The first kappa shape index (κ1) is 40.5. The van der Waals surface area contributed by atoms with Gasteiger partial charge in [-0.15, -0.1) is 4.33 Å². The number of benzene rings is 2. The summed E-state index contributed by atoms with van der Waals surface area (Å²) in [4.78, 5) is 17.7. The second kappa shape index (κ2) is 17.2. The Morgan fingerprint density at radius 3 is 2.40 bits per heavy atom. The Morgan fingerprint density at radius 2 is 1.68 bits per heavy atom. The van der Waals surface area contributed by atoms with E-state index in [1.807, 2.05) is 27.8 Å². The van der Waals surface area contributed by atoms with Gasteiger partial charge >= 0.3 is 6.09 Å². The largest absolute Gasteiger partial charge is 0.691 e. The lowest BCUT2D eigenvalue weighted by molar-refractivity contribution is -0.777. The Balaban J connectivity index is 1.55. The standard InChI is InChI=1S/C42H55N3O7S/c1-40(2,3)50-39(46)43(8)38-30(22-24-36-41(4,5)32-16-10-12-18-34(32)44(36)26-14-28-48-9)20-21-31(38)23-25-37-42(6,7)33-17-11-13-19-35(33)45(37)27-15-29-49-53-52-51-47/h10-13,16-19,22-25H,14-15,20-21,26-29H2,1-9H3. The van der Waals surface area contributed by atoms with Crippen molar-refractivity contribution in [2.24, 2.45) is 0 Å². The monoisotopic (exact) mass is 745 g/mol. The summed E-state index contributed by atoms with van der Waals surface area (Å²) in [6, 6.07) is 17.1. The number of methoxy groups -OCH3 is 1. The van der Waals surface area contributed by atoms with E-state index in [4.69, 9.17) is 13.7 Å². The van der Waals surface area contributed by atoms with Crippen LogP contribution in [-0.2, 0) is 33.9 Å². The molecule has 1 aliphatic carbocycles.